The van der Waals surface area contributed by atoms with Crippen molar-refractivity contribution in [3.05, 3.63) is 29.8 Å². The van der Waals surface area contributed by atoms with Crippen LogP contribution >= 0.6 is 0 Å². The topological polar surface area (TPSA) is 64.3 Å². The van der Waals surface area contributed by atoms with E-state index in [4.69, 9.17) is 10.5 Å². The number of rotatable bonds is 7. The quantitative estimate of drug-likeness (QED) is 0.807. The van der Waals surface area contributed by atoms with Gasteiger partial charge in [0.05, 0.1) is 0 Å². The number of ether oxygens (including phenoxy) is 1. The molecule has 3 N–H and O–H groups in total. The van der Waals surface area contributed by atoms with E-state index in [1.165, 1.54) is 32.1 Å². The van der Waals surface area contributed by atoms with Gasteiger partial charge in [-0.1, -0.05) is 50.3 Å². The molecule has 1 aromatic carbocycles. The first-order valence-corrected chi connectivity index (χ1v) is 8.85. The molecule has 1 aliphatic rings. The monoisotopic (exact) mass is 318 g/mol. The summed E-state index contributed by atoms with van der Waals surface area (Å²) in [5.74, 6) is 0.498. The molecule has 1 aromatic rings. The Kier molecular flexibility index (Phi) is 7.06. The molecule has 0 saturated heterocycles. The highest BCUT2D eigenvalue weighted by Crippen LogP contribution is 2.28. The fourth-order valence-corrected chi connectivity index (χ4v) is 3.42. The first kappa shape index (κ1) is 18.0. The highest BCUT2D eigenvalue weighted by molar-refractivity contribution is 5.95. The molecule has 128 valence electrons. The van der Waals surface area contributed by atoms with E-state index in [1.54, 1.807) is 0 Å². The average Bonchev–Trinajstić information content (AvgIpc) is 2.55. The van der Waals surface area contributed by atoms with Crippen molar-refractivity contribution in [3.63, 3.8) is 0 Å². The van der Waals surface area contributed by atoms with Crippen molar-refractivity contribution < 1.29 is 9.53 Å². The standard InChI is InChI=1S/C19H30N2O2/c1-3-23-18(16(20)13-15-10-5-4-6-11-15)19(22)21-17-12-8-7-9-14(17)2/h7-9,12,15-16,18H,3-6,10-11,13,20H2,1-2H3,(H,21,22)/t16-,18?/m1/s1. The van der Waals surface area contributed by atoms with Crippen LogP contribution in [0, 0.1) is 12.8 Å². The van der Waals surface area contributed by atoms with Crippen molar-refractivity contribution in [1.29, 1.82) is 0 Å². The van der Waals surface area contributed by atoms with Gasteiger partial charge in [0, 0.05) is 18.3 Å². The summed E-state index contributed by atoms with van der Waals surface area (Å²) in [5, 5.41) is 2.97. The molecule has 1 saturated carbocycles. The van der Waals surface area contributed by atoms with Crippen LogP contribution in [0.1, 0.15) is 51.0 Å². The SMILES string of the molecule is CCOC(C(=O)Nc1ccccc1C)[C@H](N)CC1CCCCC1. The van der Waals surface area contributed by atoms with E-state index in [1.807, 2.05) is 38.1 Å². The Bertz CT molecular complexity index is 498. The number of benzene rings is 1. The molecule has 0 spiro atoms. The summed E-state index contributed by atoms with van der Waals surface area (Å²) in [6.45, 7) is 4.37. The summed E-state index contributed by atoms with van der Waals surface area (Å²) >= 11 is 0. The van der Waals surface area contributed by atoms with Gasteiger partial charge in [-0.3, -0.25) is 4.79 Å². The van der Waals surface area contributed by atoms with Crippen LogP contribution in [-0.4, -0.2) is 24.7 Å². The number of aryl methyl sites for hydroxylation is 1. The molecule has 2 atom stereocenters. The third kappa shape index (κ3) is 5.33. The van der Waals surface area contributed by atoms with Crippen LogP contribution in [0.5, 0.6) is 0 Å². The summed E-state index contributed by atoms with van der Waals surface area (Å²) < 4.78 is 5.68. The number of anilines is 1. The van der Waals surface area contributed by atoms with Gasteiger partial charge in [0.25, 0.3) is 5.91 Å². The molecule has 1 fully saturated rings. The summed E-state index contributed by atoms with van der Waals surface area (Å²) in [5.41, 5.74) is 8.21. The van der Waals surface area contributed by atoms with Gasteiger partial charge in [0.1, 0.15) is 0 Å². The summed E-state index contributed by atoms with van der Waals surface area (Å²) in [6, 6.07) is 7.51. The third-order valence-corrected chi connectivity index (χ3v) is 4.73. The third-order valence-electron chi connectivity index (χ3n) is 4.73. The number of nitrogens with one attached hydrogen (secondary N) is 1. The van der Waals surface area contributed by atoms with Crippen LogP contribution in [0.4, 0.5) is 5.69 Å². The lowest BCUT2D eigenvalue weighted by Gasteiger charge is -2.28. The zero-order valence-electron chi connectivity index (χ0n) is 14.4. The van der Waals surface area contributed by atoms with Crippen molar-refractivity contribution in [2.75, 3.05) is 11.9 Å². The highest BCUT2D eigenvalue weighted by atomic mass is 16.5. The van der Waals surface area contributed by atoms with Crippen molar-refractivity contribution in [2.24, 2.45) is 11.7 Å². The number of para-hydroxylation sites is 1. The van der Waals surface area contributed by atoms with Gasteiger partial charge >= 0.3 is 0 Å². The number of hydrogen-bond donors (Lipinski definition) is 2. The van der Waals surface area contributed by atoms with Gasteiger partial charge in [-0.2, -0.15) is 0 Å². The maximum Gasteiger partial charge on any atom is 0.255 e. The fourth-order valence-electron chi connectivity index (χ4n) is 3.42. The molecule has 4 heteroatoms. The van der Waals surface area contributed by atoms with Gasteiger partial charge < -0.3 is 15.8 Å². The van der Waals surface area contributed by atoms with Gasteiger partial charge in [-0.05, 0) is 37.8 Å². The largest absolute Gasteiger partial charge is 0.367 e. The Labute approximate surface area is 139 Å². The van der Waals surface area contributed by atoms with E-state index >= 15 is 0 Å². The predicted octanol–water partition coefficient (Wildman–Crippen LogP) is 3.64. The molecule has 23 heavy (non-hydrogen) atoms. The molecule has 0 heterocycles. The van der Waals surface area contributed by atoms with E-state index in [9.17, 15) is 4.79 Å². The number of amides is 1. The lowest BCUT2D eigenvalue weighted by Crippen LogP contribution is -2.46. The Morgan fingerprint density at radius 3 is 2.65 bits per heavy atom. The highest BCUT2D eigenvalue weighted by Gasteiger charge is 2.29. The summed E-state index contributed by atoms with van der Waals surface area (Å²) in [7, 11) is 0. The summed E-state index contributed by atoms with van der Waals surface area (Å²) in [4.78, 5) is 12.6. The number of carbonyl (C=O) groups is 1. The van der Waals surface area contributed by atoms with Crippen LogP contribution < -0.4 is 11.1 Å². The normalized spacial score (nSPS) is 18.4. The Hall–Kier alpha value is -1.39. The van der Waals surface area contributed by atoms with E-state index in [0.29, 0.717) is 12.5 Å². The lowest BCUT2D eigenvalue weighted by molar-refractivity contribution is -0.128. The van der Waals surface area contributed by atoms with Gasteiger partial charge in [-0.25, -0.2) is 0 Å². The van der Waals surface area contributed by atoms with E-state index in [2.05, 4.69) is 5.32 Å². The second-order valence-electron chi connectivity index (χ2n) is 6.58. The van der Waals surface area contributed by atoms with Gasteiger partial charge in [0.15, 0.2) is 6.10 Å². The van der Waals surface area contributed by atoms with E-state index in [0.717, 1.165) is 17.7 Å². The lowest BCUT2D eigenvalue weighted by atomic mass is 9.84. The van der Waals surface area contributed by atoms with E-state index < -0.39 is 6.10 Å². The minimum Gasteiger partial charge on any atom is -0.367 e. The molecule has 2 rings (SSSR count). The zero-order chi connectivity index (χ0) is 16.7. The molecule has 1 amide bonds. The molecular weight excluding hydrogens is 288 g/mol. The molecule has 1 unspecified atom stereocenters. The number of hydrogen-bond acceptors (Lipinski definition) is 3. The molecule has 0 radical (unpaired) electrons. The van der Waals surface area contributed by atoms with Crippen LogP contribution in [0.25, 0.3) is 0 Å². The smallest absolute Gasteiger partial charge is 0.255 e. The van der Waals surface area contributed by atoms with Crippen LogP contribution in [-0.2, 0) is 9.53 Å². The molecule has 0 aromatic heterocycles. The van der Waals surface area contributed by atoms with Crippen molar-refractivity contribution >= 4 is 11.6 Å². The maximum atomic E-state index is 12.6. The number of nitrogens with two attached hydrogens (primary N) is 1. The molecule has 0 aliphatic heterocycles. The Balaban J connectivity index is 1.98. The van der Waals surface area contributed by atoms with Gasteiger partial charge in [0.2, 0.25) is 0 Å². The van der Waals surface area contributed by atoms with Crippen molar-refractivity contribution in [2.45, 2.75) is 64.5 Å². The van der Waals surface area contributed by atoms with E-state index in [-0.39, 0.29) is 11.9 Å². The Morgan fingerprint density at radius 2 is 2.00 bits per heavy atom. The predicted molar refractivity (Wildman–Crippen MR) is 94.4 cm³/mol. The minimum absolute atomic E-state index is 0.135. The summed E-state index contributed by atoms with van der Waals surface area (Å²) in [6.07, 6.45) is 6.64. The number of carbonyl (C=O) groups excluding carboxylic acids is 1. The zero-order valence-corrected chi connectivity index (χ0v) is 14.4. The Morgan fingerprint density at radius 1 is 1.30 bits per heavy atom. The van der Waals surface area contributed by atoms with Crippen LogP contribution in [0.2, 0.25) is 0 Å². The minimum atomic E-state index is -0.582. The van der Waals surface area contributed by atoms with Crippen molar-refractivity contribution in [3.8, 4) is 0 Å². The molecule has 1 aliphatic carbocycles. The fraction of sp³-hybridized carbons (Fsp3) is 0.632. The van der Waals surface area contributed by atoms with Crippen LogP contribution in [0.15, 0.2) is 24.3 Å². The van der Waals surface area contributed by atoms with Crippen LogP contribution in [0.3, 0.4) is 0 Å². The first-order valence-electron chi connectivity index (χ1n) is 8.85. The van der Waals surface area contributed by atoms with Crippen molar-refractivity contribution in [1.82, 2.24) is 0 Å². The first-order chi connectivity index (χ1) is 11.1. The van der Waals surface area contributed by atoms with Gasteiger partial charge in [-0.15, -0.1) is 0 Å². The molecular formula is C19H30N2O2. The second kappa shape index (κ2) is 9.04. The molecule has 4 nitrogen and oxygen atoms in total. The second-order valence-corrected chi connectivity index (χ2v) is 6.58. The average molecular weight is 318 g/mol. The maximum absolute atomic E-state index is 12.6. The molecule has 0 bridgehead atoms.